The summed E-state index contributed by atoms with van der Waals surface area (Å²) >= 11 is 6.27. The van der Waals surface area contributed by atoms with Crippen LogP contribution in [0.2, 0.25) is 5.02 Å². The van der Waals surface area contributed by atoms with Gasteiger partial charge >= 0.3 is 0 Å². The highest BCUT2D eigenvalue weighted by atomic mass is 35.5. The average Bonchev–Trinajstić information content (AvgIpc) is 2.57. The predicted molar refractivity (Wildman–Crippen MR) is 91.4 cm³/mol. The first-order valence-electron chi connectivity index (χ1n) is 7.63. The average molecular weight is 330 g/mol. The second kappa shape index (κ2) is 6.89. The molecule has 0 unspecified atom stereocenters. The molecule has 1 aliphatic rings. The lowest BCUT2D eigenvalue weighted by atomic mass is 10.0. The van der Waals surface area contributed by atoms with Crippen LogP contribution in [0.15, 0.2) is 42.5 Å². The van der Waals surface area contributed by atoms with Crippen LogP contribution in [0.5, 0.6) is 0 Å². The molecule has 0 saturated carbocycles. The Morgan fingerprint density at radius 1 is 1.13 bits per heavy atom. The van der Waals surface area contributed by atoms with E-state index in [2.05, 4.69) is 16.3 Å². The molecule has 3 nitrogen and oxygen atoms in total. The fraction of sp³-hybridized carbons (Fsp3) is 0.278. The van der Waals surface area contributed by atoms with E-state index in [0.29, 0.717) is 16.3 Å². The number of nitrogens with zero attached hydrogens (tertiary/aromatic N) is 2. The minimum atomic E-state index is -0.229. The van der Waals surface area contributed by atoms with Gasteiger partial charge in [0, 0.05) is 19.1 Å². The summed E-state index contributed by atoms with van der Waals surface area (Å²) in [6.45, 7) is 1.56. The van der Waals surface area contributed by atoms with Crippen molar-refractivity contribution in [3.05, 3.63) is 58.9 Å². The van der Waals surface area contributed by atoms with Gasteiger partial charge in [0.15, 0.2) is 0 Å². The van der Waals surface area contributed by atoms with E-state index in [9.17, 15) is 9.65 Å². The summed E-state index contributed by atoms with van der Waals surface area (Å²) < 4.78 is 13.7. The lowest BCUT2D eigenvalue weighted by Gasteiger charge is -2.35. The van der Waals surface area contributed by atoms with E-state index < -0.39 is 0 Å². The van der Waals surface area contributed by atoms with Crippen LogP contribution >= 0.6 is 11.6 Å². The number of hydrogen-bond acceptors (Lipinski definition) is 3. The van der Waals surface area contributed by atoms with Gasteiger partial charge in [-0.1, -0.05) is 29.8 Å². The lowest BCUT2D eigenvalue weighted by molar-refractivity contribution is 0.522. The van der Waals surface area contributed by atoms with Gasteiger partial charge in [0.2, 0.25) is 0 Å². The van der Waals surface area contributed by atoms with E-state index in [-0.39, 0.29) is 11.9 Å². The van der Waals surface area contributed by atoms with Crippen molar-refractivity contribution >= 4 is 23.0 Å². The third kappa shape index (κ3) is 3.40. The van der Waals surface area contributed by atoms with E-state index in [4.69, 9.17) is 11.6 Å². The number of nitriles is 1. The van der Waals surface area contributed by atoms with Gasteiger partial charge in [-0.2, -0.15) is 5.26 Å². The third-order valence-corrected chi connectivity index (χ3v) is 4.46. The van der Waals surface area contributed by atoms with Crippen LogP contribution in [0.25, 0.3) is 0 Å². The smallest absolute Gasteiger partial charge is 0.146 e. The molecular weight excluding hydrogens is 313 g/mol. The van der Waals surface area contributed by atoms with E-state index in [1.54, 1.807) is 30.3 Å². The molecule has 1 N–H and O–H groups in total. The summed E-state index contributed by atoms with van der Waals surface area (Å²) in [7, 11) is 0. The highest BCUT2D eigenvalue weighted by molar-refractivity contribution is 6.33. The maximum atomic E-state index is 13.7. The van der Waals surface area contributed by atoms with Crippen molar-refractivity contribution in [2.24, 2.45) is 0 Å². The maximum absolute atomic E-state index is 13.7. The molecule has 0 spiro atoms. The Hall–Kier alpha value is -2.25. The van der Waals surface area contributed by atoms with E-state index in [1.807, 2.05) is 6.07 Å². The van der Waals surface area contributed by atoms with Crippen LogP contribution in [0, 0.1) is 17.1 Å². The molecule has 1 fully saturated rings. The monoisotopic (exact) mass is 329 g/mol. The number of para-hydroxylation sites is 2. The van der Waals surface area contributed by atoms with Crippen LogP contribution in [0.3, 0.4) is 0 Å². The summed E-state index contributed by atoms with van der Waals surface area (Å²) in [4.78, 5) is 2.14. The Balaban J connectivity index is 1.68. The zero-order valence-corrected chi connectivity index (χ0v) is 13.4. The molecule has 2 aromatic carbocycles. The Morgan fingerprint density at radius 3 is 2.57 bits per heavy atom. The number of rotatable bonds is 3. The summed E-state index contributed by atoms with van der Waals surface area (Å²) in [6.07, 6.45) is 1.73. The highest BCUT2D eigenvalue weighted by Crippen LogP contribution is 2.32. The van der Waals surface area contributed by atoms with Crippen LogP contribution < -0.4 is 10.2 Å². The zero-order valence-electron chi connectivity index (χ0n) is 12.6. The zero-order chi connectivity index (χ0) is 16.2. The van der Waals surface area contributed by atoms with Crippen molar-refractivity contribution in [1.82, 2.24) is 0 Å². The summed E-state index contributed by atoms with van der Waals surface area (Å²) in [5.41, 5.74) is 1.94. The maximum Gasteiger partial charge on any atom is 0.146 e. The number of benzene rings is 2. The normalized spacial score (nSPS) is 15.3. The minimum Gasteiger partial charge on any atom is -0.380 e. The Kier molecular flexibility index (Phi) is 4.68. The first-order chi connectivity index (χ1) is 11.2. The molecular formula is C18H17ClFN3. The second-order valence-corrected chi connectivity index (χ2v) is 6.04. The molecule has 118 valence electrons. The molecule has 23 heavy (non-hydrogen) atoms. The van der Waals surface area contributed by atoms with Crippen molar-refractivity contribution in [3.8, 4) is 6.07 Å². The minimum absolute atomic E-state index is 0.219. The summed E-state index contributed by atoms with van der Waals surface area (Å²) in [5, 5.41) is 13.1. The number of nitrogens with one attached hydrogen (secondary N) is 1. The molecule has 5 heteroatoms. The van der Waals surface area contributed by atoms with Gasteiger partial charge < -0.3 is 10.2 Å². The molecule has 0 atom stereocenters. The molecule has 1 heterocycles. The number of piperidine rings is 1. The Bertz CT molecular complexity index is 733. The second-order valence-electron chi connectivity index (χ2n) is 5.63. The summed E-state index contributed by atoms with van der Waals surface area (Å²) in [6, 6.07) is 14.5. The number of anilines is 2. The van der Waals surface area contributed by atoms with Crippen LogP contribution in [0.4, 0.5) is 15.8 Å². The molecule has 1 aliphatic heterocycles. The van der Waals surface area contributed by atoms with Crippen LogP contribution in [-0.4, -0.2) is 19.1 Å². The first-order valence-corrected chi connectivity index (χ1v) is 8.01. The van der Waals surface area contributed by atoms with Gasteiger partial charge in [0.05, 0.1) is 22.0 Å². The van der Waals surface area contributed by atoms with Gasteiger partial charge in [0.25, 0.3) is 0 Å². The molecule has 0 amide bonds. The number of halogens is 2. The highest BCUT2D eigenvalue weighted by Gasteiger charge is 2.23. The molecule has 1 saturated heterocycles. The van der Waals surface area contributed by atoms with Crippen LogP contribution in [-0.2, 0) is 0 Å². The van der Waals surface area contributed by atoms with Gasteiger partial charge in [0.1, 0.15) is 11.9 Å². The fourth-order valence-electron chi connectivity index (χ4n) is 2.97. The van der Waals surface area contributed by atoms with Gasteiger partial charge in [-0.25, -0.2) is 4.39 Å². The fourth-order valence-corrected chi connectivity index (χ4v) is 3.27. The van der Waals surface area contributed by atoms with Gasteiger partial charge in [-0.15, -0.1) is 0 Å². The first kappa shape index (κ1) is 15.6. The standard InChI is InChI=1S/C18H17ClFN3/c19-15-5-3-4-13(12-21)18(15)23-10-8-14(9-11-23)22-17-7-2-1-6-16(17)20/h1-7,14,22H,8-11H2. The van der Waals surface area contributed by atoms with Crippen LogP contribution in [0.1, 0.15) is 18.4 Å². The van der Waals surface area contributed by atoms with Crippen molar-refractivity contribution in [2.75, 3.05) is 23.3 Å². The van der Waals surface area contributed by atoms with Crippen molar-refractivity contribution in [2.45, 2.75) is 18.9 Å². The Morgan fingerprint density at radius 2 is 1.87 bits per heavy atom. The topological polar surface area (TPSA) is 39.1 Å². The van der Waals surface area contributed by atoms with Crippen molar-refractivity contribution in [3.63, 3.8) is 0 Å². The van der Waals surface area contributed by atoms with E-state index in [0.717, 1.165) is 31.6 Å². The largest absolute Gasteiger partial charge is 0.380 e. The summed E-state index contributed by atoms with van der Waals surface area (Å²) in [5.74, 6) is -0.229. The third-order valence-electron chi connectivity index (χ3n) is 4.15. The quantitative estimate of drug-likeness (QED) is 0.905. The molecule has 0 aliphatic carbocycles. The van der Waals surface area contributed by atoms with Crippen molar-refractivity contribution < 1.29 is 4.39 Å². The number of hydrogen-bond donors (Lipinski definition) is 1. The SMILES string of the molecule is N#Cc1cccc(Cl)c1N1CCC(Nc2ccccc2F)CC1. The Labute approximate surface area is 140 Å². The van der Waals surface area contributed by atoms with Gasteiger partial charge in [-0.05, 0) is 37.1 Å². The molecule has 0 bridgehead atoms. The van der Waals surface area contributed by atoms with Gasteiger partial charge in [-0.3, -0.25) is 0 Å². The molecule has 0 aromatic heterocycles. The molecule has 2 aromatic rings. The lowest BCUT2D eigenvalue weighted by Crippen LogP contribution is -2.39. The van der Waals surface area contributed by atoms with E-state index >= 15 is 0 Å². The molecule has 0 radical (unpaired) electrons. The predicted octanol–water partition coefficient (Wildman–Crippen LogP) is 4.43. The van der Waals surface area contributed by atoms with E-state index in [1.165, 1.54) is 6.07 Å². The molecule has 3 rings (SSSR count). The van der Waals surface area contributed by atoms with Crippen molar-refractivity contribution in [1.29, 1.82) is 5.26 Å².